The van der Waals surface area contributed by atoms with Crippen molar-refractivity contribution in [3.63, 3.8) is 0 Å². The minimum absolute atomic E-state index is 0.0685. The first-order chi connectivity index (χ1) is 17.6. The van der Waals surface area contributed by atoms with Crippen molar-refractivity contribution in [1.29, 1.82) is 0 Å². The van der Waals surface area contributed by atoms with E-state index in [0.29, 0.717) is 28.7 Å². The summed E-state index contributed by atoms with van der Waals surface area (Å²) in [5.41, 5.74) is 0.500. The molecule has 0 aliphatic carbocycles. The lowest BCUT2D eigenvalue weighted by Gasteiger charge is -2.20. The van der Waals surface area contributed by atoms with Crippen LogP contribution in [-0.4, -0.2) is 39.8 Å². The van der Waals surface area contributed by atoms with Gasteiger partial charge >= 0.3 is 12.1 Å². The molecule has 0 aliphatic heterocycles. The zero-order chi connectivity index (χ0) is 26.6. The van der Waals surface area contributed by atoms with Crippen molar-refractivity contribution in [2.24, 2.45) is 0 Å². The lowest BCUT2D eigenvalue weighted by atomic mass is 10.1. The molecule has 10 heteroatoms. The van der Waals surface area contributed by atoms with Gasteiger partial charge in [-0.05, 0) is 45.0 Å². The van der Waals surface area contributed by atoms with Crippen molar-refractivity contribution in [3.05, 3.63) is 72.6 Å². The zero-order valence-corrected chi connectivity index (χ0v) is 20.7. The second-order valence-corrected chi connectivity index (χ2v) is 9.01. The minimum atomic E-state index is -1.08. The third-order valence-electron chi connectivity index (χ3n) is 5.04. The Kier molecular flexibility index (Phi) is 7.10. The predicted octanol–water partition coefficient (Wildman–Crippen LogP) is 6.22. The van der Waals surface area contributed by atoms with Crippen molar-refractivity contribution in [1.82, 2.24) is 9.97 Å². The Hall–Kier alpha value is -4.86. The van der Waals surface area contributed by atoms with E-state index in [-0.39, 0.29) is 11.4 Å². The lowest BCUT2D eigenvalue weighted by molar-refractivity contribution is 0.0634. The van der Waals surface area contributed by atoms with Crippen molar-refractivity contribution in [2.75, 3.05) is 17.7 Å². The van der Waals surface area contributed by atoms with E-state index < -0.39 is 17.7 Å². The molecular formula is C27H26N4O6. The summed E-state index contributed by atoms with van der Waals surface area (Å²) in [6.45, 7) is 5.39. The maximum Gasteiger partial charge on any atom is 0.412 e. The molecule has 1 aromatic heterocycles. The number of ether oxygens (including phenoxy) is 3. The second-order valence-electron chi connectivity index (χ2n) is 9.01. The van der Waals surface area contributed by atoms with E-state index in [9.17, 15) is 14.7 Å². The standard InChI is InChI=1S/C27H26N4O6/c1-27(2,3)37-26(34)31-21-9-10-22(20-8-6-5-7-19(20)21)36-24-14-23(28-15-29-24)30-17-11-16(25(32)33)12-18(13-17)35-4/h5-15H,1-4H3,(H,31,34)(H,32,33)(H,28,29,30). The van der Waals surface area contributed by atoms with Crippen LogP contribution in [0.25, 0.3) is 10.8 Å². The van der Waals surface area contributed by atoms with E-state index in [0.717, 1.165) is 10.8 Å². The second kappa shape index (κ2) is 10.4. The molecule has 0 saturated carbocycles. The summed E-state index contributed by atoms with van der Waals surface area (Å²) >= 11 is 0. The number of fused-ring (bicyclic) bond motifs is 1. The van der Waals surface area contributed by atoms with Crippen molar-refractivity contribution >= 4 is 40.0 Å². The monoisotopic (exact) mass is 502 g/mol. The SMILES string of the molecule is COc1cc(Nc2cc(Oc3ccc(NC(=O)OC(C)(C)C)c4ccccc34)ncn2)cc(C(=O)O)c1. The van der Waals surface area contributed by atoms with Gasteiger partial charge in [0.1, 0.15) is 29.2 Å². The molecule has 0 unspecified atom stereocenters. The Morgan fingerprint density at radius 3 is 2.41 bits per heavy atom. The van der Waals surface area contributed by atoms with Gasteiger partial charge in [0.05, 0.1) is 18.4 Å². The molecule has 0 atom stereocenters. The first-order valence-electron chi connectivity index (χ1n) is 11.3. The number of benzene rings is 3. The van der Waals surface area contributed by atoms with Crippen LogP contribution in [0.2, 0.25) is 0 Å². The first kappa shape index (κ1) is 25.2. The highest BCUT2D eigenvalue weighted by Gasteiger charge is 2.18. The predicted molar refractivity (Wildman–Crippen MR) is 139 cm³/mol. The van der Waals surface area contributed by atoms with Gasteiger partial charge in [-0.15, -0.1) is 0 Å². The number of aromatic carboxylic acids is 1. The lowest BCUT2D eigenvalue weighted by Crippen LogP contribution is -2.27. The number of carboxylic acid groups (broad SMARTS) is 1. The van der Waals surface area contributed by atoms with Crippen LogP contribution in [0.3, 0.4) is 0 Å². The van der Waals surface area contributed by atoms with Gasteiger partial charge < -0.3 is 24.6 Å². The van der Waals surface area contributed by atoms with Crippen molar-refractivity contribution in [3.8, 4) is 17.4 Å². The number of anilines is 3. The van der Waals surface area contributed by atoms with Crippen LogP contribution in [0.5, 0.6) is 17.4 Å². The van der Waals surface area contributed by atoms with E-state index in [4.69, 9.17) is 14.2 Å². The van der Waals surface area contributed by atoms with E-state index >= 15 is 0 Å². The van der Waals surface area contributed by atoms with Crippen LogP contribution in [-0.2, 0) is 4.74 Å². The van der Waals surface area contributed by atoms with Crippen LogP contribution >= 0.6 is 0 Å². The molecule has 0 fully saturated rings. The van der Waals surface area contributed by atoms with Crippen LogP contribution in [0, 0.1) is 0 Å². The highest BCUT2D eigenvalue weighted by Crippen LogP contribution is 2.34. The third-order valence-corrected chi connectivity index (χ3v) is 5.04. The Balaban J connectivity index is 1.58. The number of amides is 1. The number of hydrogen-bond donors (Lipinski definition) is 3. The van der Waals surface area contributed by atoms with E-state index in [2.05, 4.69) is 20.6 Å². The van der Waals surface area contributed by atoms with Gasteiger partial charge in [0.25, 0.3) is 0 Å². The van der Waals surface area contributed by atoms with Gasteiger partial charge in [-0.3, -0.25) is 5.32 Å². The largest absolute Gasteiger partial charge is 0.497 e. The number of nitrogens with one attached hydrogen (secondary N) is 2. The summed E-state index contributed by atoms with van der Waals surface area (Å²) in [6.07, 6.45) is 0.776. The normalized spacial score (nSPS) is 11.0. The Morgan fingerprint density at radius 2 is 1.70 bits per heavy atom. The number of methoxy groups -OCH3 is 1. The average Bonchev–Trinajstić information content (AvgIpc) is 2.84. The fraction of sp³-hybridized carbons (Fsp3) is 0.185. The summed E-state index contributed by atoms with van der Waals surface area (Å²) < 4.78 is 16.6. The summed E-state index contributed by atoms with van der Waals surface area (Å²) in [5.74, 6) is 0.480. The molecule has 0 radical (unpaired) electrons. The molecule has 0 spiro atoms. The molecule has 1 heterocycles. The molecule has 1 amide bonds. The maximum absolute atomic E-state index is 12.3. The number of aromatic nitrogens is 2. The Labute approximate surface area is 213 Å². The molecular weight excluding hydrogens is 476 g/mol. The number of carboxylic acids is 1. The molecule has 0 saturated heterocycles. The van der Waals surface area contributed by atoms with Gasteiger partial charge in [0, 0.05) is 28.6 Å². The first-order valence-corrected chi connectivity index (χ1v) is 11.3. The molecule has 4 aromatic rings. The summed E-state index contributed by atoms with van der Waals surface area (Å²) in [6, 6.07) is 17.0. The van der Waals surface area contributed by atoms with Crippen LogP contribution in [0.4, 0.5) is 22.0 Å². The molecule has 10 nitrogen and oxygen atoms in total. The number of hydrogen-bond acceptors (Lipinski definition) is 8. The zero-order valence-electron chi connectivity index (χ0n) is 20.7. The van der Waals surface area contributed by atoms with Gasteiger partial charge in [-0.1, -0.05) is 24.3 Å². The third kappa shape index (κ3) is 6.43. The van der Waals surface area contributed by atoms with Gasteiger partial charge in [0.15, 0.2) is 0 Å². The van der Waals surface area contributed by atoms with Gasteiger partial charge in [-0.2, -0.15) is 0 Å². The highest BCUT2D eigenvalue weighted by atomic mass is 16.6. The Morgan fingerprint density at radius 1 is 0.946 bits per heavy atom. The number of nitrogens with zero attached hydrogens (tertiary/aromatic N) is 2. The number of carbonyl (C=O) groups is 2. The molecule has 0 bridgehead atoms. The van der Waals surface area contributed by atoms with E-state index in [1.807, 2.05) is 24.3 Å². The topological polar surface area (TPSA) is 132 Å². The fourth-order valence-corrected chi connectivity index (χ4v) is 3.52. The minimum Gasteiger partial charge on any atom is -0.497 e. The van der Waals surface area contributed by atoms with E-state index in [1.54, 1.807) is 45.0 Å². The smallest absolute Gasteiger partial charge is 0.412 e. The highest BCUT2D eigenvalue weighted by molar-refractivity contribution is 6.02. The summed E-state index contributed by atoms with van der Waals surface area (Å²) in [4.78, 5) is 32.1. The molecule has 4 rings (SSSR count). The molecule has 3 N–H and O–H groups in total. The quantitative estimate of drug-likeness (QED) is 0.269. The number of carbonyl (C=O) groups excluding carboxylic acids is 1. The van der Waals surface area contributed by atoms with Crippen LogP contribution in [0.15, 0.2) is 67.0 Å². The molecule has 3 aromatic carbocycles. The van der Waals surface area contributed by atoms with E-state index in [1.165, 1.54) is 25.6 Å². The molecule has 0 aliphatic rings. The van der Waals surface area contributed by atoms with Crippen LogP contribution < -0.4 is 20.1 Å². The summed E-state index contributed by atoms with van der Waals surface area (Å²) in [7, 11) is 1.46. The molecule has 37 heavy (non-hydrogen) atoms. The van der Waals surface area contributed by atoms with Crippen molar-refractivity contribution < 1.29 is 28.9 Å². The molecule has 190 valence electrons. The maximum atomic E-state index is 12.3. The summed E-state index contributed by atoms with van der Waals surface area (Å²) in [5, 5.41) is 16.7. The van der Waals surface area contributed by atoms with Crippen LogP contribution in [0.1, 0.15) is 31.1 Å². The van der Waals surface area contributed by atoms with Gasteiger partial charge in [0.2, 0.25) is 5.88 Å². The fourth-order valence-electron chi connectivity index (χ4n) is 3.52. The average molecular weight is 503 g/mol. The van der Waals surface area contributed by atoms with Gasteiger partial charge in [-0.25, -0.2) is 19.6 Å². The Bertz CT molecular complexity index is 1470. The number of rotatable bonds is 7. The van der Waals surface area contributed by atoms with Crippen molar-refractivity contribution in [2.45, 2.75) is 26.4 Å².